The molecule has 0 saturated heterocycles. The van der Waals surface area contributed by atoms with Gasteiger partial charge in [0.15, 0.2) is 0 Å². The van der Waals surface area contributed by atoms with Crippen molar-refractivity contribution in [3.05, 3.63) is 29.8 Å². The number of carbonyl (C=O) groups is 1. The molecule has 1 rings (SSSR count). The summed E-state index contributed by atoms with van der Waals surface area (Å²) in [4.78, 5) is 13.4. The Morgan fingerprint density at radius 1 is 1.31 bits per heavy atom. The van der Waals surface area contributed by atoms with E-state index in [0.29, 0.717) is 6.54 Å². The summed E-state index contributed by atoms with van der Waals surface area (Å²) in [5, 5.41) is 3.11. The minimum absolute atomic E-state index is 0.0947. The van der Waals surface area contributed by atoms with Gasteiger partial charge in [-0.15, -0.1) is 0 Å². The van der Waals surface area contributed by atoms with Crippen molar-refractivity contribution in [2.45, 2.75) is 20.3 Å². The molecule has 3 nitrogen and oxygen atoms in total. The number of amides is 1. The van der Waals surface area contributed by atoms with Crippen molar-refractivity contribution >= 4 is 11.6 Å². The van der Waals surface area contributed by atoms with Crippen LogP contribution in [0.2, 0.25) is 0 Å². The minimum atomic E-state index is 0.0947. The highest BCUT2D eigenvalue weighted by atomic mass is 16.2. The van der Waals surface area contributed by atoms with Gasteiger partial charge in [-0.2, -0.15) is 0 Å². The lowest BCUT2D eigenvalue weighted by Crippen LogP contribution is -2.35. The maximum Gasteiger partial charge on any atom is 0.240 e. The summed E-state index contributed by atoms with van der Waals surface area (Å²) in [6.45, 7) is 5.40. The zero-order chi connectivity index (χ0) is 12.0. The lowest BCUT2D eigenvalue weighted by Gasteiger charge is -2.17. The number of rotatable bonds is 5. The van der Waals surface area contributed by atoms with Gasteiger partial charge in [0, 0.05) is 12.7 Å². The summed E-state index contributed by atoms with van der Waals surface area (Å²) < 4.78 is 0. The standard InChI is InChI=1S/C13H20N2O/c1-4-9-14-10-13(16)15(3)12-7-5-11(2)6-8-12/h5-8,14H,4,9-10H2,1-3H3. The summed E-state index contributed by atoms with van der Waals surface area (Å²) >= 11 is 0. The molecular formula is C13H20N2O. The van der Waals surface area contributed by atoms with Crippen molar-refractivity contribution in [1.82, 2.24) is 5.32 Å². The number of anilines is 1. The number of hydrogen-bond acceptors (Lipinski definition) is 2. The van der Waals surface area contributed by atoms with E-state index in [4.69, 9.17) is 0 Å². The number of benzene rings is 1. The van der Waals surface area contributed by atoms with Gasteiger partial charge >= 0.3 is 0 Å². The number of carbonyl (C=O) groups excluding carboxylic acids is 1. The first-order valence-electron chi connectivity index (χ1n) is 5.69. The molecule has 0 fully saturated rings. The second kappa shape index (κ2) is 6.28. The number of hydrogen-bond donors (Lipinski definition) is 1. The van der Waals surface area contributed by atoms with Crippen LogP contribution in [0.3, 0.4) is 0 Å². The topological polar surface area (TPSA) is 32.3 Å². The van der Waals surface area contributed by atoms with E-state index in [2.05, 4.69) is 12.2 Å². The smallest absolute Gasteiger partial charge is 0.240 e. The highest BCUT2D eigenvalue weighted by molar-refractivity contribution is 5.94. The number of nitrogens with one attached hydrogen (secondary N) is 1. The van der Waals surface area contributed by atoms with Crippen molar-refractivity contribution in [2.24, 2.45) is 0 Å². The van der Waals surface area contributed by atoms with Crippen LogP contribution in [0.15, 0.2) is 24.3 Å². The second-order valence-corrected chi connectivity index (χ2v) is 3.97. The SMILES string of the molecule is CCCNCC(=O)N(C)c1ccc(C)cc1. The Labute approximate surface area is 97.5 Å². The summed E-state index contributed by atoms with van der Waals surface area (Å²) in [6.07, 6.45) is 1.04. The van der Waals surface area contributed by atoms with Crippen LogP contribution in [0.1, 0.15) is 18.9 Å². The molecule has 0 saturated carbocycles. The number of aryl methyl sites for hydroxylation is 1. The highest BCUT2D eigenvalue weighted by Gasteiger charge is 2.09. The van der Waals surface area contributed by atoms with Crippen molar-refractivity contribution in [3.8, 4) is 0 Å². The van der Waals surface area contributed by atoms with E-state index in [1.165, 1.54) is 5.56 Å². The van der Waals surface area contributed by atoms with Crippen LogP contribution in [0, 0.1) is 6.92 Å². The van der Waals surface area contributed by atoms with Crippen molar-refractivity contribution in [1.29, 1.82) is 0 Å². The van der Waals surface area contributed by atoms with Gasteiger partial charge in [0.2, 0.25) is 5.91 Å². The summed E-state index contributed by atoms with van der Waals surface area (Å²) in [5.74, 6) is 0.0947. The molecule has 0 unspecified atom stereocenters. The Kier molecular flexibility index (Phi) is 4.99. The molecule has 0 aliphatic heterocycles. The molecule has 0 radical (unpaired) electrons. The maximum absolute atomic E-state index is 11.8. The Morgan fingerprint density at radius 3 is 2.50 bits per heavy atom. The molecule has 0 atom stereocenters. The first-order valence-corrected chi connectivity index (χ1v) is 5.69. The van der Waals surface area contributed by atoms with E-state index in [0.717, 1.165) is 18.7 Å². The molecule has 88 valence electrons. The normalized spacial score (nSPS) is 10.2. The van der Waals surface area contributed by atoms with E-state index in [1.54, 1.807) is 11.9 Å². The maximum atomic E-state index is 11.8. The molecule has 1 aromatic carbocycles. The van der Waals surface area contributed by atoms with Crippen LogP contribution >= 0.6 is 0 Å². The van der Waals surface area contributed by atoms with Gasteiger partial charge in [0.1, 0.15) is 0 Å². The Morgan fingerprint density at radius 2 is 1.94 bits per heavy atom. The predicted molar refractivity (Wildman–Crippen MR) is 67.7 cm³/mol. The quantitative estimate of drug-likeness (QED) is 0.769. The number of nitrogens with zero attached hydrogens (tertiary/aromatic N) is 1. The monoisotopic (exact) mass is 220 g/mol. The summed E-state index contributed by atoms with van der Waals surface area (Å²) in [7, 11) is 1.81. The molecular weight excluding hydrogens is 200 g/mol. The third-order valence-electron chi connectivity index (χ3n) is 2.50. The molecule has 1 amide bonds. The molecule has 16 heavy (non-hydrogen) atoms. The van der Waals surface area contributed by atoms with E-state index in [1.807, 2.05) is 31.2 Å². The fourth-order valence-electron chi connectivity index (χ4n) is 1.40. The van der Waals surface area contributed by atoms with Crippen LogP contribution in [-0.4, -0.2) is 26.0 Å². The minimum Gasteiger partial charge on any atom is -0.314 e. The Balaban J connectivity index is 2.53. The van der Waals surface area contributed by atoms with Gasteiger partial charge in [-0.25, -0.2) is 0 Å². The molecule has 0 aliphatic rings. The van der Waals surface area contributed by atoms with Crippen LogP contribution in [0.25, 0.3) is 0 Å². The van der Waals surface area contributed by atoms with Gasteiger partial charge in [0.05, 0.1) is 6.54 Å². The van der Waals surface area contributed by atoms with E-state index in [-0.39, 0.29) is 5.91 Å². The molecule has 1 aromatic rings. The van der Waals surface area contributed by atoms with Gasteiger partial charge in [-0.1, -0.05) is 24.6 Å². The molecule has 0 aliphatic carbocycles. The van der Waals surface area contributed by atoms with Crippen molar-refractivity contribution in [2.75, 3.05) is 25.0 Å². The van der Waals surface area contributed by atoms with Crippen LogP contribution in [-0.2, 0) is 4.79 Å². The molecule has 0 bridgehead atoms. The third-order valence-corrected chi connectivity index (χ3v) is 2.50. The van der Waals surface area contributed by atoms with Gasteiger partial charge in [-0.3, -0.25) is 4.79 Å². The molecule has 0 heterocycles. The molecule has 1 N–H and O–H groups in total. The van der Waals surface area contributed by atoms with Gasteiger partial charge in [-0.05, 0) is 32.0 Å². The third kappa shape index (κ3) is 3.66. The zero-order valence-corrected chi connectivity index (χ0v) is 10.3. The summed E-state index contributed by atoms with van der Waals surface area (Å²) in [6, 6.07) is 7.96. The average molecular weight is 220 g/mol. The Bertz CT molecular complexity index is 332. The van der Waals surface area contributed by atoms with Gasteiger partial charge in [0.25, 0.3) is 0 Å². The first kappa shape index (κ1) is 12.7. The van der Waals surface area contributed by atoms with E-state index >= 15 is 0 Å². The molecule has 0 spiro atoms. The second-order valence-electron chi connectivity index (χ2n) is 3.97. The lowest BCUT2D eigenvalue weighted by atomic mass is 10.2. The fraction of sp³-hybridized carbons (Fsp3) is 0.462. The lowest BCUT2D eigenvalue weighted by molar-refractivity contribution is -0.117. The van der Waals surface area contributed by atoms with E-state index in [9.17, 15) is 4.79 Å². The summed E-state index contributed by atoms with van der Waals surface area (Å²) in [5.41, 5.74) is 2.14. The van der Waals surface area contributed by atoms with Crippen LogP contribution in [0.5, 0.6) is 0 Å². The highest BCUT2D eigenvalue weighted by Crippen LogP contribution is 2.13. The Hall–Kier alpha value is -1.35. The zero-order valence-electron chi connectivity index (χ0n) is 10.3. The van der Waals surface area contributed by atoms with Crippen molar-refractivity contribution in [3.63, 3.8) is 0 Å². The van der Waals surface area contributed by atoms with E-state index < -0.39 is 0 Å². The number of likely N-dealkylation sites (N-methyl/N-ethyl adjacent to an activating group) is 1. The van der Waals surface area contributed by atoms with Gasteiger partial charge < -0.3 is 10.2 Å². The van der Waals surface area contributed by atoms with Crippen molar-refractivity contribution < 1.29 is 4.79 Å². The molecule has 0 aromatic heterocycles. The fourth-order valence-corrected chi connectivity index (χ4v) is 1.40. The van der Waals surface area contributed by atoms with Crippen LogP contribution in [0.4, 0.5) is 5.69 Å². The first-order chi connectivity index (χ1) is 7.65. The molecule has 3 heteroatoms. The average Bonchev–Trinajstić information content (AvgIpc) is 2.29. The predicted octanol–water partition coefficient (Wildman–Crippen LogP) is 1.96. The van der Waals surface area contributed by atoms with Crippen LogP contribution < -0.4 is 10.2 Å². The largest absolute Gasteiger partial charge is 0.314 e.